The molecule has 0 saturated heterocycles. The van der Waals surface area contributed by atoms with Gasteiger partial charge in [0.25, 0.3) is 11.8 Å². The molecule has 2 heterocycles. The predicted octanol–water partition coefficient (Wildman–Crippen LogP) is 5.17. The Balaban J connectivity index is 1.41. The second-order valence-electron chi connectivity index (χ2n) is 8.35. The van der Waals surface area contributed by atoms with Gasteiger partial charge in [-0.25, -0.2) is 10.4 Å². The number of carbonyl (C=O) groups is 2. The lowest BCUT2D eigenvalue weighted by molar-refractivity contribution is 0.0955. The first-order valence-corrected chi connectivity index (χ1v) is 11.2. The molecule has 0 saturated carbocycles. The normalized spacial score (nSPS) is 14.1. The highest BCUT2D eigenvalue weighted by Crippen LogP contribution is 2.30. The highest BCUT2D eigenvalue weighted by Gasteiger charge is 2.28. The van der Waals surface area contributed by atoms with Gasteiger partial charge in [0.05, 0.1) is 5.71 Å². The van der Waals surface area contributed by atoms with Crippen LogP contribution < -0.4 is 10.7 Å². The number of aromatic nitrogens is 1. The number of aryl methyl sites for hydroxylation is 2. The Bertz CT molecular complexity index is 1450. The molecule has 2 aromatic carbocycles. The second kappa shape index (κ2) is 8.94. The van der Waals surface area contributed by atoms with Crippen molar-refractivity contribution < 1.29 is 14.0 Å². The van der Waals surface area contributed by atoms with E-state index in [1.54, 1.807) is 12.1 Å². The van der Waals surface area contributed by atoms with Crippen molar-refractivity contribution in [3.8, 4) is 0 Å². The summed E-state index contributed by atoms with van der Waals surface area (Å²) in [5.74, 6) is 0.785. The summed E-state index contributed by atoms with van der Waals surface area (Å²) in [6, 6.07) is 18.8. The standard InChI is InChI=1S/C27H24N4O3/c1-16-8-5-15-23(28-16)29-27(33)25-17(2)24-21(13-7-14-22(24)34-25)30-31-26(32)20-12-6-10-18-9-3-4-11-19(18)20/h3-6,8-12,15H,7,13-14H2,1-2H3,(H,31,32)(H,28,29,33)/b30-21+. The summed E-state index contributed by atoms with van der Waals surface area (Å²) in [5, 5.41) is 9.11. The molecule has 7 heteroatoms. The number of nitrogens with zero attached hydrogens (tertiary/aromatic N) is 2. The molecule has 1 aliphatic carbocycles. The van der Waals surface area contributed by atoms with Crippen molar-refractivity contribution in [2.75, 3.05) is 5.32 Å². The Labute approximate surface area is 196 Å². The van der Waals surface area contributed by atoms with E-state index in [1.165, 1.54) is 0 Å². The number of carbonyl (C=O) groups excluding carboxylic acids is 2. The van der Waals surface area contributed by atoms with E-state index in [4.69, 9.17) is 4.42 Å². The maximum absolute atomic E-state index is 12.9. The van der Waals surface area contributed by atoms with Crippen LogP contribution in [0.5, 0.6) is 0 Å². The number of hydrogen-bond acceptors (Lipinski definition) is 5. The van der Waals surface area contributed by atoms with E-state index in [0.717, 1.165) is 28.5 Å². The van der Waals surface area contributed by atoms with Crippen LogP contribution in [0.2, 0.25) is 0 Å². The van der Waals surface area contributed by atoms with Crippen LogP contribution >= 0.6 is 0 Å². The van der Waals surface area contributed by atoms with Gasteiger partial charge in [-0.15, -0.1) is 0 Å². The largest absolute Gasteiger partial charge is 0.455 e. The van der Waals surface area contributed by atoms with Crippen molar-refractivity contribution in [3.05, 3.63) is 94.6 Å². The molecule has 2 amide bonds. The molecule has 5 rings (SSSR count). The van der Waals surface area contributed by atoms with Crippen LogP contribution in [0.1, 0.15) is 56.3 Å². The molecular formula is C27H24N4O3. The third-order valence-electron chi connectivity index (χ3n) is 5.99. The Morgan fingerprint density at radius 2 is 1.74 bits per heavy atom. The van der Waals surface area contributed by atoms with Crippen LogP contribution in [0, 0.1) is 13.8 Å². The van der Waals surface area contributed by atoms with Crippen molar-refractivity contribution in [2.24, 2.45) is 5.10 Å². The zero-order valence-electron chi connectivity index (χ0n) is 19.0. The summed E-state index contributed by atoms with van der Waals surface area (Å²) >= 11 is 0. The summed E-state index contributed by atoms with van der Waals surface area (Å²) in [7, 11) is 0. The molecule has 0 fully saturated rings. The number of rotatable bonds is 4. The van der Waals surface area contributed by atoms with Crippen molar-refractivity contribution in [1.82, 2.24) is 10.4 Å². The van der Waals surface area contributed by atoms with Crippen molar-refractivity contribution in [2.45, 2.75) is 33.1 Å². The van der Waals surface area contributed by atoms with Gasteiger partial charge in [-0.05, 0) is 55.7 Å². The molecule has 0 bridgehead atoms. The summed E-state index contributed by atoms with van der Waals surface area (Å²) in [4.78, 5) is 30.1. The molecule has 7 nitrogen and oxygen atoms in total. The number of nitrogens with one attached hydrogen (secondary N) is 2. The zero-order valence-corrected chi connectivity index (χ0v) is 19.0. The molecule has 0 unspecified atom stereocenters. The van der Waals surface area contributed by atoms with Gasteiger partial charge in [0.1, 0.15) is 11.6 Å². The quantitative estimate of drug-likeness (QED) is 0.418. The Morgan fingerprint density at radius 3 is 2.59 bits per heavy atom. The number of hydrogen-bond donors (Lipinski definition) is 2. The molecule has 2 aromatic heterocycles. The van der Waals surface area contributed by atoms with Crippen molar-refractivity contribution >= 4 is 34.1 Å². The van der Waals surface area contributed by atoms with E-state index < -0.39 is 0 Å². The summed E-state index contributed by atoms with van der Waals surface area (Å²) in [6.07, 6.45) is 2.22. The first-order valence-electron chi connectivity index (χ1n) is 11.2. The van der Waals surface area contributed by atoms with Crippen molar-refractivity contribution in [1.29, 1.82) is 0 Å². The fourth-order valence-corrected chi connectivity index (χ4v) is 4.38. The van der Waals surface area contributed by atoms with Gasteiger partial charge in [0.2, 0.25) is 0 Å². The minimum absolute atomic E-state index is 0.239. The van der Waals surface area contributed by atoms with Crippen molar-refractivity contribution in [3.63, 3.8) is 0 Å². The average Bonchev–Trinajstić information content (AvgIpc) is 3.19. The highest BCUT2D eigenvalue weighted by atomic mass is 16.4. The van der Waals surface area contributed by atoms with Gasteiger partial charge in [0.15, 0.2) is 5.76 Å². The molecule has 0 atom stereocenters. The second-order valence-corrected chi connectivity index (χ2v) is 8.35. The van der Waals surface area contributed by atoms with E-state index in [1.807, 2.05) is 62.4 Å². The molecule has 0 aliphatic heterocycles. The van der Waals surface area contributed by atoms with Crippen LogP contribution in [0.25, 0.3) is 10.8 Å². The van der Waals surface area contributed by atoms with E-state index in [0.29, 0.717) is 41.3 Å². The fraction of sp³-hybridized carbons (Fsp3) is 0.185. The summed E-state index contributed by atoms with van der Waals surface area (Å²) in [5.41, 5.74) is 6.30. The lowest BCUT2D eigenvalue weighted by atomic mass is 9.93. The van der Waals surface area contributed by atoms with E-state index >= 15 is 0 Å². The first kappa shape index (κ1) is 21.6. The monoisotopic (exact) mass is 452 g/mol. The van der Waals surface area contributed by atoms with Gasteiger partial charge in [0, 0.05) is 28.8 Å². The third-order valence-corrected chi connectivity index (χ3v) is 5.99. The third kappa shape index (κ3) is 4.08. The van der Waals surface area contributed by atoms with Gasteiger partial charge in [-0.1, -0.05) is 42.5 Å². The maximum atomic E-state index is 12.9. The van der Waals surface area contributed by atoms with Gasteiger partial charge in [-0.3, -0.25) is 9.59 Å². The molecule has 1 aliphatic rings. The number of benzene rings is 2. The molecule has 0 spiro atoms. The molecule has 34 heavy (non-hydrogen) atoms. The van der Waals surface area contributed by atoms with E-state index in [2.05, 4.69) is 20.8 Å². The van der Waals surface area contributed by atoms with E-state index in [9.17, 15) is 9.59 Å². The predicted molar refractivity (Wildman–Crippen MR) is 131 cm³/mol. The van der Waals surface area contributed by atoms with E-state index in [-0.39, 0.29) is 17.6 Å². The summed E-state index contributed by atoms with van der Waals surface area (Å²) < 4.78 is 5.95. The number of pyridine rings is 1. The molecule has 170 valence electrons. The molecular weight excluding hydrogens is 428 g/mol. The lowest BCUT2D eigenvalue weighted by Crippen LogP contribution is -2.22. The highest BCUT2D eigenvalue weighted by molar-refractivity contribution is 6.10. The van der Waals surface area contributed by atoms with Crippen LogP contribution in [0.15, 0.2) is 70.2 Å². The Morgan fingerprint density at radius 1 is 0.941 bits per heavy atom. The topological polar surface area (TPSA) is 96.6 Å². The smallest absolute Gasteiger partial charge is 0.292 e. The lowest BCUT2D eigenvalue weighted by Gasteiger charge is -2.13. The summed E-state index contributed by atoms with van der Waals surface area (Å²) in [6.45, 7) is 3.70. The first-order chi connectivity index (χ1) is 16.5. The number of furan rings is 1. The number of amides is 2. The maximum Gasteiger partial charge on any atom is 0.292 e. The molecule has 0 radical (unpaired) electrons. The van der Waals surface area contributed by atoms with Crippen LogP contribution in [0.3, 0.4) is 0 Å². The molecule has 2 N–H and O–H groups in total. The average molecular weight is 453 g/mol. The number of hydrazone groups is 1. The SMILES string of the molecule is Cc1cccc(NC(=O)c2oc3c(c2C)/C(=N/NC(=O)c2cccc4ccccc24)CCC3)n1. The van der Waals surface area contributed by atoms with Crippen LogP contribution in [-0.4, -0.2) is 22.5 Å². The minimum atomic E-state index is -0.357. The van der Waals surface area contributed by atoms with Gasteiger partial charge < -0.3 is 9.73 Å². The van der Waals surface area contributed by atoms with Gasteiger partial charge >= 0.3 is 0 Å². The minimum Gasteiger partial charge on any atom is -0.455 e. The number of fused-ring (bicyclic) bond motifs is 2. The fourth-order valence-electron chi connectivity index (χ4n) is 4.38. The Hall–Kier alpha value is -4.26. The Kier molecular flexibility index (Phi) is 5.67. The van der Waals surface area contributed by atoms with Gasteiger partial charge in [-0.2, -0.15) is 5.10 Å². The molecule has 4 aromatic rings. The zero-order chi connectivity index (χ0) is 23.7. The van der Waals surface area contributed by atoms with Crippen LogP contribution in [0.4, 0.5) is 5.82 Å². The van der Waals surface area contributed by atoms with Crippen LogP contribution in [-0.2, 0) is 6.42 Å². The number of anilines is 1.